The molecule has 0 amide bonds. The molecule has 0 fully saturated rings. The van der Waals surface area contributed by atoms with Crippen LogP contribution in [0.5, 0.6) is 0 Å². The summed E-state index contributed by atoms with van der Waals surface area (Å²) in [5, 5.41) is 13.9. The van der Waals surface area contributed by atoms with Crippen LogP contribution in [-0.2, 0) is 43.9 Å². The fraction of sp³-hybridized carbons (Fsp3) is 0. The van der Waals surface area contributed by atoms with E-state index in [4.69, 9.17) is 36.4 Å². The Morgan fingerprint density at radius 2 is 0.833 bits per heavy atom. The van der Waals surface area contributed by atoms with Gasteiger partial charge in [-0.3, -0.25) is 0 Å². The van der Waals surface area contributed by atoms with Gasteiger partial charge in [0.05, 0.1) is 0 Å². The Kier molecular flexibility index (Phi) is 20.6. The first-order valence-corrected chi connectivity index (χ1v) is 6.02. The monoisotopic (exact) mass is 258 g/mol. The van der Waals surface area contributed by atoms with Crippen LogP contribution < -0.4 is 0 Å². The molecule has 11 heteroatoms. The SMILES string of the molecule is O=C(O)O.[O]=[Ti]([OH])[OH].[O]=[Ti]([OH])[OH]. The quantitative estimate of drug-likeness (QED) is 0.262. The van der Waals surface area contributed by atoms with E-state index in [9.17, 15) is 0 Å². The maximum atomic E-state index is 8.81. The molecule has 0 rings (SSSR count). The molecule has 0 aromatic heterocycles. The Balaban J connectivity index is -0.000000101. The third kappa shape index (κ3) is 44100. The van der Waals surface area contributed by atoms with Crippen molar-refractivity contribution in [3.05, 3.63) is 0 Å². The Morgan fingerprint density at radius 3 is 0.833 bits per heavy atom. The van der Waals surface area contributed by atoms with Crippen molar-refractivity contribution >= 4 is 6.16 Å². The second-order valence-corrected chi connectivity index (χ2v) is 2.61. The number of rotatable bonds is 0. The molecule has 0 saturated heterocycles. The molecule has 0 bridgehead atoms. The number of hydrogen-bond donors (Lipinski definition) is 6. The van der Waals surface area contributed by atoms with E-state index < -0.39 is 43.4 Å². The molecular formula is CH6O9Ti2. The molecule has 0 spiro atoms. The minimum absolute atomic E-state index is 1.83. The normalized spacial score (nSPS) is 6.33. The topological polar surface area (TPSA) is 173 Å². The molecule has 0 saturated carbocycles. The van der Waals surface area contributed by atoms with Crippen LogP contribution in [0.2, 0.25) is 0 Å². The second-order valence-electron chi connectivity index (χ2n) is 0.848. The average molecular weight is 258 g/mol. The van der Waals surface area contributed by atoms with Crippen molar-refractivity contribution < 1.29 is 73.6 Å². The summed E-state index contributed by atoms with van der Waals surface area (Å²) < 4.78 is 46.5. The zero-order chi connectivity index (χ0) is 10.7. The van der Waals surface area contributed by atoms with E-state index in [1.54, 1.807) is 0 Å². The summed E-state index contributed by atoms with van der Waals surface area (Å²) in [6.07, 6.45) is -1.83. The van der Waals surface area contributed by atoms with Gasteiger partial charge in [-0.2, -0.15) is 0 Å². The van der Waals surface area contributed by atoms with Crippen LogP contribution in [0.15, 0.2) is 0 Å². The van der Waals surface area contributed by atoms with Crippen LogP contribution in [0.4, 0.5) is 4.79 Å². The van der Waals surface area contributed by atoms with Gasteiger partial charge in [-0.15, -0.1) is 0 Å². The first-order valence-electron chi connectivity index (χ1n) is 1.95. The molecule has 0 heterocycles. The third-order valence-corrected chi connectivity index (χ3v) is 0. The van der Waals surface area contributed by atoms with Crippen LogP contribution in [0.1, 0.15) is 0 Å². The Morgan fingerprint density at radius 1 is 0.833 bits per heavy atom. The van der Waals surface area contributed by atoms with Gasteiger partial charge < -0.3 is 10.2 Å². The van der Waals surface area contributed by atoms with Crippen LogP contribution in [0.3, 0.4) is 0 Å². The summed E-state index contributed by atoms with van der Waals surface area (Å²) in [4.78, 5) is 8.56. The summed E-state index contributed by atoms with van der Waals surface area (Å²) in [6, 6.07) is 0. The summed E-state index contributed by atoms with van der Waals surface area (Å²) in [6.45, 7) is 0. The van der Waals surface area contributed by atoms with Crippen molar-refractivity contribution in [1.29, 1.82) is 0 Å². The van der Waals surface area contributed by atoms with Gasteiger partial charge in [-0.05, 0) is 0 Å². The van der Waals surface area contributed by atoms with E-state index in [1.807, 2.05) is 0 Å². The van der Waals surface area contributed by atoms with Crippen molar-refractivity contribution in [2.45, 2.75) is 0 Å². The molecular weight excluding hydrogens is 252 g/mol. The van der Waals surface area contributed by atoms with E-state index in [0.29, 0.717) is 0 Å². The Bertz CT molecular complexity index is 110. The van der Waals surface area contributed by atoms with Crippen LogP contribution in [-0.4, -0.2) is 31.1 Å². The fourth-order valence-electron chi connectivity index (χ4n) is 0. The van der Waals surface area contributed by atoms with Crippen LogP contribution >= 0.6 is 0 Å². The molecule has 0 aromatic carbocycles. The standard InChI is InChI=1S/CH2O3.4H2O.2O.2Ti/c2-1(3)4;;;;;;;;/h(H2,2,3,4);4*1H2;;;;/q;;;;;;;2*+2/p-4. The van der Waals surface area contributed by atoms with Gasteiger partial charge >= 0.3 is 64.8 Å². The molecule has 0 unspecified atom stereocenters. The summed E-state index contributed by atoms with van der Waals surface area (Å²) in [5.41, 5.74) is 0. The zero-order valence-corrected chi connectivity index (χ0v) is 8.53. The third-order valence-electron chi connectivity index (χ3n) is 0. The van der Waals surface area contributed by atoms with E-state index in [2.05, 4.69) is 0 Å². The van der Waals surface area contributed by atoms with Gasteiger partial charge in [0.15, 0.2) is 0 Å². The van der Waals surface area contributed by atoms with Gasteiger partial charge in [0.2, 0.25) is 0 Å². The fourth-order valence-corrected chi connectivity index (χ4v) is 0. The molecule has 0 aliphatic rings. The first-order chi connectivity index (χ1) is 5.20. The predicted molar refractivity (Wildman–Crippen MR) is 20.9 cm³/mol. The second kappa shape index (κ2) is 13.7. The van der Waals surface area contributed by atoms with Crippen molar-refractivity contribution in [3.8, 4) is 0 Å². The van der Waals surface area contributed by atoms with Crippen LogP contribution in [0.25, 0.3) is 0 Å². The summed E-state index contributed by atoms with van der Waals surface area (Å²) >= 11 is -7.17. The van der Waals surface area contributed by atoms with E-state index in [1.165, 1.54) is 0 Å². The molecule has 0 aliphatic carbocycles. The summed E-state index contributed by atoms with van der Waals surface area (Å²) in [7, 11) is 0. The number of hydrogen-bond acceptors (Lipinski definition) is 3. The van der Waals surface area contributed by atoms with Crippen molar-refractivity contribution in [2.24, 2.45) is 0 Å². The number of carboxylic acid groups (broad SMARTS) is 2. The zero-order valence-electron chi connectivity index (χ0n) is 5.41. The first kappa shape index (κ1) is 18.0. The molecule has 72 valence electrons. The molecule has 0 aliphatic heterocycles. The van der Waals surface area contributed by atoms with Gasteiger partial charge in [-0.1, -0.05) is 0 Å². The van der Waals surface area contributed by atoms with Crippen molar-refractivity contribution in [3.63, 3.8) is 0 Å². The molecule has 6 N–H and O–H groups in total. The van der Waals surface area contributed by atoms with Gasteiger partial charge in [-0.25, -0.2) is 4.79 Å². The Hall–Kier alpha value is 0.139. The van der Waals surface area contributed by atoms with E-state index in [-0.39, 0.29) is 0 Å². The molecule has 12 heavy (non-hydrogen) atoms. The molecule has 0 aromatic rings. The van der Waals surface area contributed by atoms with Crippen molar-refractivity contribution in [1.82, 2.24) is 0 Å². The van der Waals surface area contributed by atoms with E-state index >= 15 is 0 Å². The predicted octanol–water partition coefficient (Wildman–Crippen LogP) is -2.25. The molecule has 0 radical (unpaired) electrons. The molecule has 0 atom stereocenters. The van der Waals surface area contributed by atoms with Crippen molar-refractivity contribution in [2.75, 3.05) is 0 Å². The van der Waals surface area contributed by atoms with Crippen LogP contribution in [0, 0.1) is 0 Å². The van der Waals surface area contributed by atoms with Gasteiger partial charge in [0, 0.05) is 0 Å². The molecule has 9 nitrogen and oxygen atoms in total. The van der Waals surface area contributed by atoms with E-state index in [0.717, 1.165) is 0 Å². The summed E-state index contributed by atoms with van der Waals surface area (Å²) in [5.74, 6) is 0. The maximum absolute atomic E-state index is 8.81. The average Bonchev–Trinajstić information content (AvgIpc) is 1.54. The minimum atomic E-state index is -3.58. The Labute approximate surface area is 79.7 Å². The van der Waals surface area contributed by atoms with Gasteiger partial charge in [0.25, 0.3) is 0 Å². The van der Waals surface area contributed by atoms with Gasteiger partial charge in [0.1, 0.15) is 0 Å². The number of carbonyl (C=O) groups is 1.